The second kappa shape index (κ2) is 11.2. The van der Waals surface area contributed by atoms with Gasteiger partial charge in [-0.15, -0.1) is 0 Å². The number of hydrogen-bond donors (Lipinski definition) is 1. The summed E-state index contributed by atoms with van der Waals surface area (Å²) in [6.07, 6.45) is 2.08. The first kappa shape index (κ1) is 19.9. The van der Waals surface area contributed by atoms with Gasteiger partial charge in [0.2, 0.25) is 0 Å². The maximum atomic E-state index is 9.76. The van der Waals surface area contributed by atoms with E-state index in [0.29, 0.717) is 6.42 Å². The lowest BCUT2D eigenvalue weighted by Gasteiger charge is -2.10. The van der Waals surface area contributed by atoms with Gasteiger partial charge >= 0.3 is 5.97 Å². The van der Waals surface area contributed by atoms with Crippen LogP contribution in [0, 0.1) is 0 Å². The Kier molecular flexibility index (Phi) is 8.59. The van der Waals surface area contributed by atoms with E-state index in [9.17, 15) is 4.79 Å². The topological polar surface area (TPSA) is 37.3 Å². The van der Waals surface area contributed by atoms with Crippen LogP contribution in [0.2, 0.25) is 0 Å². The standard InChI is InChI=1S/C18H15P.C5H10O2/c1-4-10-16(11-5-1)19(17-12-6-2-7-13-17)18-14-8-3-9-15-18;1-2-3-4-5(6)7/h1-15H;2-4H2,1H3,(H,6,7)/p+1. The highest BCUT2D eigenvalue weighted by Crippen LogP contribution is 2.32. The number of unbranched alkanes of at least 4 members (excludes halogenated alkanes) is 1. The molecule has 3 rings (SSSR count). The van der Waals surface area contributed by atoms with Crippen molar-refractivity contribution in [1.82, 2.24) is 0 Å². The highest BCUT2D eigenvalue weighted by molar-refractivity contribution is 7.79. The molecular weight excluding hydrogens is 339 g/mol. The summed E-state index contributed by atoms with van der Waals surface area (Å²) in [6, 6.07) is 32.5. The van der Waals surface area contributed by atoms with Gasteiger partial charge in [0.15, 0.2) is 0 Å². The maximum Gasteiger partial charge on any atom is 0.303 e. The molecule has 0 radical (unpaired) electrons. The van der Waals surface area contributed by atoms with E-state index < -0.39 is 13.9 Å². The van der Waals surface area contributed by atoms with Crippen molar-refractivity contribution in [1.29, 1.82) is 0 Å². The molecule has 0 atom stereocenters. The second-order valence-corrected chi connectivity index (χ2v) is 8.45. The molecule has 3 heteroatoms. The van der Waals surface area contributed by atoms with Crippen molar-refractivity contribution < 1.29 is 9.90 Å². The highest BCUT2D eigenvalue weighted by atomic mass is 31.1. The van der Waals surface area contributed by atoms with Gasteiger partial charge in [0, 0.05) is 6.42 Å². The van der Waals surface area contributed by atoms with Crippen LogP contribution in [-0.4, -0.2) is 11.1 Å². The maximum absolute atomic E-state index is 9.76. The molecule has 0 aliphatic carbocycles. The minimum atomic E-state index is -0.877. The molecule has 0 saturated carbocycles. The van der Waals surface area contributed by atoms with E-state index >= 15 is 0 Å². The van der Waals surface area contributed by atoms with Crippen molar-refractivity contribution in [2.24, 2.45) is 0 Å². The summed E-state index contributed by atoms with van der Waals surface area (Å²) in [6.45, 7) is 1.98. The van der Waals surface area contributed by atoms with Crippen LogP contribution in [0.3, 0.4) is 0 Å². The van der Waals surface area contributed by atoms with Crippen molar-refractivity contribution in [3.05, 3.63) is 91.0 Å². The van der Waals surface area contributed by atoms with Gasteiger partial charge in [0.1, 0.15) is 15.9 Å². The van der Waals surface area contributed by atoms with Crippen LogP contribution in [0.15, 0.2) is 91.0 Å². The average molecular weight is 365 g/mol. The van der Waals surface area contributed by atoms with Crippen LogP contribution in [0.4, 0.5) is 0 Å². The quantitative estimate of drug-likeness (QED) is 0.656. The molecule has 0 bridgehead atoms. The monoisotopic (exact) mass is 365 g/mol. The van der Waals surface area contributed by atoms with Gasteiger partial charge in [-0.05, 0) is 42.8 Å². The first-order valence-electron chi connectivity index (χ1n) is 8.97. The summed E-state index contributed by atoms with van der Waals surface area (Å²) in [5.41, 5.74) is 0. The first-order valence-corrected chi connectivity index (χ1v) is 10.5. The third-order valence-electron chi connectivity index (χ3n) is 3.93. The number of aliphatic carboxylic acids is 1. The summed E-state index contributed by atoms with van der Waals surface area (Å²) in [4.78, 5) is 9.76. The largest absolute Gasteiger partial charge is 0.481 e. The minimum absolute atomic E-state index is 0.316. The van der Waals surface area contributed by atoms with Gasteiger partial charge in [-0.25, -0.2) is 0 Å². The molecule has 0 spiro atoms. The third-order valence-corrected chi connectivity index (χ3v) is 6.66. The van der Waals surface area contributed by atoms with Gasteiger partial charge in [-0.1, -0.05) is 67.9 Å². The van der Waals surface area contributed by atoms with Crippen molar-refractivity contribution in [2.45, 2.75) is 26.2 Å². The van der Waals surface area contributed by atoms with Gasteiger partial charge < -0.3 is 5.11 Å². The van der Waals surface area contributed by atoms with Crippen LogP contribution in [0.5, 0.6) is 0 Å². The zero-order chi connectivity index (χ0) is 18.6. The second-order valence-electron chi connectivity index (χ2n) is 5.97. The Bertz CT molecular complexity index is 664. The van der Waals surface area contributed by atoms with E-state index in [1.165, 1.54) is 15.9 Å². The molecule has 26 heavy (non-hydrogen) atoms. The molecule has 3 aromatic rings. The molecular formula is C23H26O2P+. The van der Waals surface area contributed by atoms with Crippen molar-refractivity contribution in [3.8, 4) is 0 Å². The van der Waals surface area contributed by atoms with Crippen LogP contribution in [0.25, 0.3) is 0 Å². The summed E-state index contributed by atoms with van der Waals surface area (Å²) < 4.78 is 0. The van der Waals surface area contributed by atoms with E-state index in [1.807, 2.05) is 6.92 Å². The van der Waals surface area contributed by atoms with Gasteiger partial charge in [0.25, 0.3) is 0 Å². The Labute approximate surface area is 157 Å². The predicted octanol–water partition coefficient (Wildman–Crippen LogP) is 4.44. The molecule has 1 N–H and O–H groups in total. The number of rotatable bonds is 6. The number of carbonyl (C=O) groups is 1. The van der Waals surface area contributed by atoms with Crippen molar-refractivity contribution in [2.75, 3.05) is 0 Å². The molecule has 0 heterocycles. The summed E-state index contributed by atoms with van der Waals surface area (Å²) >= 11 is 0. The lowest BCUT2D eigenvalue weighted by Crippen LogP contribution is -2.20. The molecule has 3 aromatic carbocycles. The fourth-order valence-corrected chi connectivity index (χ4v) is 5.22. The van der Waals surface area contributed by atoms with Gasteiger partial charge in [0.05, 0.1) is 7.92 Å². The van der Waals surface area contributed by atoms with Crippen LogP contribution in [-0.2, 0) is 4.79 Å². The molecule has 0 fully saturated rings. The number of hydrogen-bond acceptors (Lipinski definition) is 1. The van der Waals surface area contributed by atoms with Gasteiger partial charge in [-0.3, -0.25) is 4.79 Å². The smallest absolute Gasteiger partial charge is 0.303 e. The van der Waals surface area contributed by atoms with Crippen molar-refractivity contribution >= 4 is 29.8 Å². The molecule has 0 aliphatic heterocycles. The minimum Gasteiger partial charge on any atom is -0.481 e. The Balaban J connectivity index is 0.000000298. The van der Waals surface area contributed by atoms with Crippen molar-refractivity contribution in [3.63, 3.8) is 0 Å². The lowest BCUT2D eigenvalue weighted by atomic mass is 10.3. The van der Waals surface area contributed by atoms with E-state index in [-0.39, 0.29) is 0 Å². The van der Waals surface area contributed by atoms with Crippen LogP contribution in [0.1, 0.15) is 26.2 Å². The number of carboxylic acid groups (broad SMARTS) is 1. The Morgan fingerprint density at radius 3 is 1.31 bits per heavy atom. The normalized spacial score (nSPS) is 10.1. The third kappa shape index (κ3) is 6.46. The lowest BCUT2D eigenvalue weighted by molar-refractivity contribution is -0.137. The molecule has 0 unspecified atom stereocenters. The number of benzene rings is 3. The molecule has 0 saturated heterocycles. The molecule has 0 aliphatic rings. The highest BCUT2D eigenvalue weighted by Gasteiger charge is 2.24. The summed E-state index contributed by atoms with van der Waals surface area (Å²) in [5, 5.41) is 12.3. The summed E-state index contributed by atoms with van der Waals surface area (Å²) in [5.74, 6) is -0.693. The van der Waals surface area contributed by atoms with Crippen LogP contribution >= 0.6 is 7.92 Å². The van der Waals surface area contributed by atoms with E-state index in [4.69, 9.17) is 5.11 Å². The Morgan fingerprint density at radius 2 is 1.08 bits per heavy atom. The van der Waals surface area contributed by atoms with E-state index in [0.717, 1.165) is 12.8 Å². The fraction of sp³-hybridized carbons (Fsp3) is 0.174. The molecule has 2 nitrogen and oxygen atoms in total. The SMILES string of the molecule is CCCCC(=O)O.c1ccc([PH+](c2ccccc2)c2ccccc2)cc1. The zero-order valence-corrected chi connectivity index (χ0v) is 16.1. The predicted molar refractivity (Wildman–Crippen MR) is 114 cm³/mol. The Morgan fingerprint density at radius 1 is 0.731 bits per heavy atom. The van der Waals surface area contributed by atoms with E-state index in [2.05, 4.69) is 91.0 Å². The average Bonchev–Trinajstić information content (AvgIpc) is 2.70. The van der Waals surface area contributed by atoms with Gasteiger partial charge in [-0.2, -0.15) is 0 Å². The molecule has 134 valence electrons. The Hall–Kier alpha value is -2.44. The molecule has 0 aromatic heterocycles. The number of carboxylic acids is 1. The van der Waals surface area contributed by atoms with E-state index in [1.54, 1.807) is 0 Å². The fourth-order valence-electron chi connectivity index (χ4n) is 2.64. The summed E-state index contributed by atoms with van der Waals surface area (Å²) in [7, 11) is -0.877. The van der Waals surface area contributed by atoms with Crippen LogP contribution < -0.4 is 15.9 Å². The zero-order valence-electron chi connectivity index (χ0n) is 15.1. The first-order chi connectivity index (χ1) is 12.7. The molecule has 0 amide bonds.